The molecule has 0 fully saturated rings. The number of rotatable bonds is 6. The molecule has 0 radical (unpaired) electrons. The first-order valence-corrected chi connectivity index (χ1v) is 11.7. The molecule has 7 nitrogen and oxygen atoms in total. The number of halogens is 1. The molecule has 1 atom stereocenters. The van der Waals surface area contributed by atoms with Crippen LogP contribution in [-0.2, 0) is 14.8 Å². The van der Waals surface area contributed by atoms with E-state index in [2.05, 4.69) is 15.3 Å². The highest BCUT2D eigenvalue weighted by Gasteiger charge is 2.23. The van der Waals surface area contributed by atoms with E-state index in [4.69, 9.17) is 11.6 Å². The number of nitrogens with one attached hydrogen (secondary N) is 1. The molecule has 1 N–H and O–H groups in total. The molecule has 0 aliphatic rings. The minimum atomic E-state index is -3.72. The van der Waals surface area contributed by atoms with Gasteiger partial charge in [0, 0.05) is 19.8 Å². The monoisotopic (exact) mass is 456 g/mol. The molecule has 11 heteroatoms. The lowest BCUT2D eigenvalue weighted by atomic mass is 10.3. The zero-order chi connectivity index (χ0) is 20.5. The molecule has 0 unspecified atom stereocenters. The second-order valence-corrected chi connectivity index (χ2v) is 10.8. The normalized spacial score (nSPS) is 13.0. The van der Waals surface area contributed by atoms with Gasteiger partial charge < -0.3 is 5.32 Å². The summed E-state index contributed by atoms with van der Waals surface area (Å²) in [5.74, 6) is -0.274. The summed E-state index contributed by atoms with van der Waals surface area (Å²) in [6.07, 6.45) is 1.47. The average molecular weight is 457 g/mol. The van der Waals surface area contributed by atoms with Crippen LogP contribution in [0.4, 0.5) is 5.69 Å². The molecule has 28 heavy (non-hydrogen) atoms. The van der Waals surface area contributed by atoms with Gasteiger partial charge in [0.05, 0.1) is 20.5 Å². The number of thiophene rings is 1. The van der Waals surface area contributed by atoms with Crippen LogP contribution in [0, 0.1) is 0 Å². The predicted octanol–water partition coefficient (Wildman–Crippen LogP) is 3.71. The number of fused-ring (bicyclic) bond motifs is 1. The Morgan fingerprint density at radius 3 is 2.75 bits per heavy atom. The number of amides is 1. The third kappa shape index (κ3) is 4.31. The maximum Gasteiger partial charge on any atom is 0.244 e. The standard InChI is InChI=1S/C17H17ClN4O3S3/c1-10(27-17-15-13(6-7-26-15)19-9-20-17)16(23)21-11-4-5-12(18)14(8-11)28(24,25)22(2)3/h4-10H,1-3H3,(H,21,23)/t10-/m0/s1. The lowest BCUT2D eigenvalue weighted by Crippen LogP contribution is -2.24. The molecule has 0 saturated heterocycles. The van der Waals surface area contributed by atoms with Gasteiger partial charge in [-0.15, -0.1) is 11.3 Å². The van der Waals surface area contributed by atoms with Crippen molar-refractivity contribution in [2.45, 2.75) is 22.1 Å². The Kier molecular flexibility index (Phi) is 6.25. The molecule has 2 heterocycles. The van der Waals surface area contributed by atoms with E-state index in [1.807, 2.05) is 11.4 Å². The Morgan fingerprint density at radius 2 is 2.04 bits per heavy atom. The molecule has 0 bridgehead atoms. The lowest BCUT2D eigenvalue weighted by Gasteiger charge is -2.15. The minimum Gasteiger partial charge on any atom is -0.325 e. The van der Waals surface area contributed by atoms with Crippen molar-refractivity contribution < 1.29 is 13.2 Å². The second kappa shape index (κ2) is 8.34. The van der Waals surface area contributed by atoms with Gasteiger partial charge in [0.2, 0.25) is 15.9 Å². The Labute approximate surface area is 176 Å². The number of benzene rings is 1. The third-order valence-electron chi connectivity index (χ3n) is 3.83. The van der Waals surface area contributed by atoms with Crippen molar-refractivity contribution >= 4 is 66.5 Å². The summed E-state index contributed by atoms with van der Waals surface area (Å²) in [6.45, 7) is 1.76. The number of hydrogen-bond acceptors (Lipinski definition) is 7. The quantitative estimate of drug-likeness (QED) is 0.449. The van der Waals surface area contributed by atoms with Crippen molar-refractivity contribution in [2.75, 3.05) is 19.4 Å². The first-order valence-electron chi connectivity index (χ1n) is 8.08. The Morgan fingerprint density at radius 1 is 1.29 bits per heavy atom. The van der Waals surface area contributed by atoms with Gasteiger partial charge >= 0.3 is 0 Å². The van der Waals surface area contributed by atoms with E-state index < -0.39 is 15.3 Å². The molecule has 0 saturated carbocycles. The Balaban J connectivity index is 1.78. The van der Waals surface area contributed by atoms with E-state index in [0.717, 1.165) is 19.5 Å². The van der Waals surface area contributed by atoms with E-state index in [1.165, 1.54) is 55.7 Å². The van der Waals surface area contributed by atoms with E-state index in [0.29, 0.717) is 5.69 Å². The highest BCUT2D eigenvalue weighted by Crippen LogP contribution is 2.32. The molecule has 0 spiro atoms. The van der Waals surface area contributed by atoms with Gasteiger partial charge in [-0.1, -0.05) is 23.4 Å². The lowest BCUT2D eigenvalue weighted by molar-refractivity contribution is -0.115. The molecule has 2 aromatic heterocycles. The van der Waals surface area contributed by atoms with Crippen molar-refractivity contribution in [1.29, 1.82) is 0 Å². The van der Waals surface area contributed by atoms with Gasteiger partial charge in [-0.25, -0.2) is 22.7 Å². The largest absolute Gasteiger partial charge is 0.325 e. The van der Waals surface area contributed by atoms with Gasteiger partial charge in [-0.2, -0.15) is 0 Å². The first-order chi connectivity index (χ1) is 13.2. The summed E-state index contributed by atoms with van der Waals surface area (Å²) in [6, 6.07) is 6.27. The van der Waals surface area contributed by atoms with Crippen LogP contribution >= 0.6 is 34.7 Å². The van der Waals surface area contributed by atoms with Gasteiger partial charge in [-0.05, 0) is 36.6 Å². The van der Waals surface area contributed by atoms with Crippen LogP contribution in [0.1, 0.15) is 6.92 Å². The van der Waals surface area contributed by atoms with E-state index in [9.17, 15) is 13.2 Å². The maximum atomic E-state index is 12.6. The number of sulfonamides is 1. The van der Waals surface area contributed by atoms with Crippen LogP contribution in [0.15, 0.2) is 45.9 Å². The van der Waals surface area contributed by atoms with Crippen molar-refractivity contribution in [1.82, 2.24) is 14.3 Å². The molecule has 3 rings (SSSR count). The van der Waals surface area contributed by atoms with Crippen LogP contribution < -0.4 is 5.32 Å². The van der Waals surface area contributed by atoms with Gasteiger partial charge in [0.25, 0.3) is 0 Å². The van der Waals surface area contributed by atoms with Crippen LogP contribution in [0.3, 0.4) is 0 Å². The smallest absolute Gasteiger partial charge is 0.244 e. The fraction of sp³-hybridized carbons (Fsp3) is 0.235. The topological polar surface area (TPSA) is 92.3 Å². The van der Waals surface area contributed by atoms with Crippen molar-refractivity contribution in [3.63, 3.8) is 0 Å². The van der Waals surface area contributed by atoms with Crippen molar-refractivity contribution in [3.8, 4) is 0 Å². The first kappa shape index (κ1) is 21.0. The summed E-state index contributed by atoms with van der Waals surface area (Å²) >= 11 is 8.87. The Bertz CT molecular complexity index is 1130. The summed E-state index contributed by atoms with van der Waals surface area (Å²) in [5, 5.41) is 5.04. The minimum absolute atomic E-state index is 0.0617. The maximum absolute atomic E-state index is 12.6. The van der Waals surface area contributed by atoms with Gasteiger partial charge in [0.15, 0.2) is 0 Å². The summed E-state index contributed by atoms with van der Waals surface area (Å²) in [7, 11) is -0.885. The molecular weight excluding hydrogens is 440 g/mol. The average Bonchev–Trinajstić information content (AvgIpc) is 3.12. The zero-order valence-corrected chi connectivity index (χ0v) is 18.4. The molecular formula is C17H17ClN4O3S3. The third-order valence-corrected chi connectivity index (χ3v) is 8.26. The fourth-order valence-corrected chi connectivity index (χ4v) is 5.52. The van der Waals surface area contributed by atoms with E-state index in [1.54, 1.807) is 13.0 Å². The molecule has 1 amide bonds. The van der Waals surface area contributed by atoms with Crippen molar-refractivity contribution in [3.05, 3.63) is 41.0 Å². The molecule has 0 aliphatic heterocycles. The van der Waals surface area contributed by atoms with Gasteiger partial charge in [-0.3, -0.25) is 4.79 Å². The molecule has 148 valence electrons. The number of anilines is 1. The van der Waals surface area contributed by atoms with E-state index in [-0.39, 0.29) is 15.8 Å². The fourth-order valence-electron chi connectivity index (χ4n) is 2.29. The number of carbonyl (C=O) groups is 1. The SMILES string of the molecule is C[C@H](Sc1ncnc2ccsc12)C(=O)Nc1ccc(Cl)c(S(=O)(=O)N(C)C)c1. The highest BCUT2D eigenvalue weighted by molar-refractivity contribution is 8.00. The number of carbonyl (C=O) groups excluding carboxylic acids is 1. The van der Waals surface area contributed by atoms with Crippen LogP contribution in [0.2, 0.25) is 5.02 Å². The molecule has 1 aromatic carbocycles. The van der Waals surface area contributed by atoms with Crippen molar-refractivity contribution in [2.24, 2.45) is 0 Å². The number of thioether (sulfide) groups is 1. The number of nitrogens with zero attached hydrogens (tertiary/aromatic N) is 3. The van der Waals surface area contributed by atoms with Crippen LogP contribution in [0.5, 0.6) is 0 Å². The number of hydrogen-bond donors (Lipinski definition) is 1. The molecule has 0 aliphatic carbocycles. The number of aromatic nitrogens is 2. The zero-order valence-electron chi connectivity index (χ0n) is 15.2. The summed E-state index contributed by atoms with van der Waals surface area (Å²) < 4.78 is 26.8. The highest BCUT2D eigenvalue weighted by atomic mass is 35.5. The predicted molar refractivity (Wildman–Crippen MR) is 114 cm³/mol. The summed E-state index contributed by atoms with van der Waals surface area (Å²) in [5.41, 5.74) is 1.19. The summed E-state index contributed by atoms with van der Waals surface area (Å²) in [4.78, 5) is 21.0. The van der Waals surface area contributed by atoms with Crippen LogP contribution in [-0.4, -0.2) is 47.9 Å². The van der Waals surface area contributed by atoms with Crippen LogP contribution in [0.25, 0.3) is 10.2 Å². The van der Waals surface area contributed by atoms with Gasteiger partial charge in [0.1, 0.15) is 16.2 Å². The Hall–Kier alpha value is -1.72. The second-order valence-electron chi connectivity index (χ2n) is 6.00. The molecule has 3 aromatic rings. The van der Waals surface area contributed by atoms with E-state index >= 15 is 0 Å².